The predicted octanol–water partition coefficient (Wildman–Crippen LogP) is 7.28. The Bertz CT molecular complexity index is 2060. The summed E-state index contributed by atoms with van der Waals surface area (Å²) in [5.41, 5.74) is 8.95. The summed E-state index contributed by atoms with van der Waals surface area (Å²) in [7, 11) is 0. The van der Waals surface area contributed by atoms with Crippen molar-refractivity contribution in [3.05, 3.63) is 125 Å². The number of benzene rings is 4. The molecule has 284 valence electrons. The van der Waals surface area contributed by atoms with Crippen LogP contribution in [0.2, 0.25) is 0 Å². The molecule has 4 aliphatic rings. The molecule has 8 rings (SSSR count). The van der Waals surface area contributed by atoms with Gasteiger partial charge in [0.2, 0.25) is 11.8 Å². The first kappa shape index (κ1) is 36.6. The van der Waals surface area contributed by atoms with Crippen LogP contribution in [0.3, 0.4) is 0 Å². The molecule has 9 heteroatoms. The van der Waals surface area contributed by atoms with Gasteiger partial charge in [-0.2, -0.15) is 0 Å². The van der Waals surface area contributed by atoms with Crippen molar-refractivity contribution >= 4 is 34.6 Å². The molecule has 0 aliphatic carbocycles. The van der Waals surface area contributed by atoms with E-state index in [0.29, 0.717) is 30.6 Å². The molecular formula is C46H50N4O5. The number of hydrogen-bond acceptors (Lipinski definition) is 7. The maximum absolute atomic E-state index is 13.1. The third kappa shape index (κ3) is 7.76. The number of ether oxygens (including phenoxy) is 1. The SMILES string of the molecule is CC/C(=C(/c1ccc(O)cc1)c1ccc(OCCCCN2CCC3(CC2)CN(c2ccc4c(c2)CN(C2CCC(=O)NC2=O)C4=O)C3)cc1)c1ccccc1. The zero-order valence-electron chi connectivity index (χ0n) is 31.6. The summed E-state index contributed by atoms with van der Waals surface area (Å²) in [4.78, 5) is 43.8. The summed E-state index contributed by atoms with van der Waals surface area (Å²) in [5.74, 6) is 0.376. The number of nitrogens with one attached hydrogen (secondary N) is 1. The molecular weight excluding hydrogens is 689 g/mol. The fourth-order valence-electron chi connectivity index (χ4n) is 8.92. The van der Waals surface area contributed by atoms with Gasteiger partial charge in [-0.3, -0.25) is 19.7 Å². The van der Waals surface area contributed by atoms with E-state index < -0.39 is 6.04 Å². The first-order valence-corrected chi connectivity index (χ1v) is 19.9. The van der Waals surface area contributed by atoms with Crippen LogP contribution in [-0.4, -0.2) is 78.0 Å². The summed E-state index contributed by atoms with van der Waals surface area (Å²) in [6.45, 7) is 8.69. The number of hydrogen-bond donors (Lipinski definition) is 2. The first-order chi connectivity index (χ1) is 26.8. The van der Waals surface area contributed by atoms with E-state index in [1.807, 2.05) is 30.3 Å². The molecule has 0 aromatic heterocycles. The molecule has 1 spiro atoms. The average molecular weight is 739 g/mol. The van der Waals surface area contributed by atoms with Crippen molar-refractivity contribution < 1.29 is 24.2 Å². The lowest BCUT2D eigenvalue weighted by molar-refractivity contribution is -0.136. The molecule has 4 aromatic carbocycles. The number of carbonyl (C=O) groups excluding carboxylic acids is 3. The second kappa shape index (κ2) is 15.7. The van der Waals surface area contributed by atoms with E-state index >= 15 is 0 Å². The Morgan fingerprint density at radius 2 is 1.56 bits per heavy atom. The van der Waals surface area contributed by atoms with Gasteiger partial charge in [0.1, 0.15) is 17.5 Å². The van der Waals surface area contributed by atoms with Gasteiger partial charge in [-0.05, 0) is 134 Å². The Kier molecular flexibility index (Phi) is 10.5. The number of amides is 3. The molecule has 1 unspecified atom stereocenters. The molecule has 3 fully saturated rings. The highest BCUT2D eigenvalue weighted by Crippen LogP contribution is 2.44. The van der Waals surface area contributed by atoms with Crippen LogP contribution in [0.1, 0.15) is 84.5 Å². The summed E-state index contributed by atoms with van der Waals surface area (Å²) >= 11 is 0. The van der Waals surface area contributed by atoms with Gasteiger partial charge in [-0.25, -0.2) is 0 Å². The minimum absolute atomic E-state index is 0.122. The Labute approximate surface area is 323 Å². The Morgan fingerprint density at radius 3 is 2.25 bits per heavy atom. The van der Waals surface area contributed by atoms with Gasteiger partial charge in [-0.1, -0.05) is 61.5 Å². The fourth-order valence-corrected chi connectivity index (χ4v) is 8.92. The maximum atomic E-state index is 13.1. The second-order valence-corrected chi connectivity index (χ2v) is 15.6. The number of carbonyl (C=O) groups is 3. The van der Waals surface area contributed by atoms with Gasteiger partial charge < -0.3 is 24.5 Å². The average Bonchev–Trinajstić information content (AvgIpc) is 3.52. The van der Waals surface area contributed by atoms with Crippen molar-refractivity contribution in [3.63, 3.8) is 0 Å². The summed E-state index contributed by atoms with van der Waals surface area (Å²) < 4.78 is 6.19. The lowest BCUT2D eigenvalue weighted by atomic mass is 9.71. The molecule has 4 aliphatic heterocycles. The van der Waals surface area contributed by atoms with E-state index in [1.54, 1.807) is 17.0 Å². The quantitative estimate of drug-likeness (QED) is 0.0895. The van der Waals surface area contributed by atoms with E-state index in [4.69, 9.17) is 4.74 Å². The van der Waals surface area contributed by atoms with Crippen molar-refractivity contribution in [2.45, 2.75) is 64.5 Å². The third-order valence-electron chi connectivity index (χ3n) is 12.1. The highest BCUT2D eigenvalue weighted by atomic mass is 16.5. The van der Waals surface area contributed by atoms with Crippen molar-refractivity contribution in [1.82, 2.24) is 15.1 Å². The van der Waals surface area contributed by atoms with Crippen molar-refractivity contribution in [3.8, 4) is 11.5 Å². The van der Waals surface area contributed by atoms with Crippen molar-refractivity contribution in [2.75, 3.05) is 44.2 Å². The normalized spacial score (nSPS) is 19.9. The molecule has 55 heavy (non-hydrogen) atoms. The zero-order valence-corrected chi connectivity index (χ0v) is 31.6. The zero-order chi connectivity index (χ0) is 37.9. The summed E-state index contributed by atoms with van der Waals surface area (Å²) in [6.07, 6.45) is 6.03. The molecule has 1 atom stereocenters. The fraction of sp³-hybridized carbons (Fsp3) is 0.370. The van der Waals surface area contributed by atoms with Crippen LogP contribution >= 0.6 is 0 Å². The monoisotopic (exact) mass is 738 g/mol. The Balaban J connectivity index is 0.782. The van der Waals surface area contributed by atoms with Crippen LogP contribution in [-0.2, 0) is 16.1 Å². The number of nitrogens with zero attached hydrogens (tertiary/aromatic N) is 3. The van der Waals surface area contributed by atoms with E-state index in [1.165, 1.54) is 29.6 Å². The Hall–Kier alpha value is -5.41. The smallest absolute Gasteiger partial charge is 0.255 e. The molecule has 4 heterocycles. The minimum atomic E-state index is -0.584. The number of fused-ring (bicyclic) bond motifs is 1. The van der Waals surface area contributed by atoms with Gasteiger partial charge in [0.05, 0.1) is 6.61 Å². The van der Waals surface area contributed by atoms with E-state index in [2.05, 4.69) is 76.6 Å². The topological polar surface area (TPSA) is 102 Å². The number of likely N-dealkylation sites (tertiary alicyclic amines) is 1. The van der Waals surface area contributed by atoms with Crippen LogP contribution in [0, 0.1) is 5.41 Å². The Morgan fingerprint density at radius 1 is 0.855 bits per heavy atom. The number of phenols is 1. The van der Waals surface area contributed by atoms with Crippen molar-refractivity contribution in [2.24, 2.45) is 5.41 Å². The largest absolute Gasteiger partial charge is 0.508 e. The van der Waals surface area contributed by atoms with E-state index in [0.717, 1.165) is 80.1 Å². The molecule has 4 aromatic rings. The van der Waals surface area contributed by atoms with Crippen LogP contribution in [0.4, 0.5) is 5.69 Å². The number of imide groups is 1. The van der Waals surface area contributed by atoms with Gasteiger partial charge in [-0.15, -0.1) is 0 Å². The van der Waals surface area contributed by atoms with Crippen molar-refractivity contribution in [1.29, 1.82) is 0 Å². The van der Waals surface area contributed by atoms with Crippen LogP contribution < -0.4 is 15.0 Å². The number of phenolic OH excluding ortho intramolecular Hbond substituents is 1. The lowest BCUT2D eigenvalue weighted by Crippen LogP contribution is -2.60. The van der Waals surface area contributed by atoms with E-state index in [-0.39, 0.29) is 29.9 Å². The molecule has 0 radical (unpaired) electrons. The minimum Gasteiger partial charge on any atom is -0.508 e. The highest BCUT2D eigenvalue weighted by Gasteiger charge is 2.45. The summed E-state index contributed by atoms with van der Waals surface area (Å²) in [5, 5.41) is 12.3. The van der Waals surface area contributed by atoms with Crippen LogP contribution in [0.5, 0.6) is 11.5 Å². The second-order valence-electron chi connectivity index (χ2n) is 15.6. The molecule has 0 saturated carbocycles. The van der Waals surface area contributed by atoms with E-state index in [9.17, 15) is 19.5 Å². The molecule has 2 N–H and O–H groups in total. The maximum Gasteiger partial charge on any atom is 0.255 e. The number of anilines is 1. The third-order valence-corrected chi connectivity index (χ3v) is 12.1. The van der Waals surface area contributed by atoms with Gasteiger partial charge in [0, 0.05) is 42.7 Å². The molecule has 0 bridgehead atoms. The standard InChI is InChI=1S/C46H50N4O5/c1-2-39(32-8-4-3-5-9-32)43(33-10-15-37(51)16-11-33)34-12-17-38(18-13-34)55-27-7-6-24-48-25-22-46(23-26-48)30-49(31-46)36-14-19-40-35(28-36)29-50(45(40)54)41-20-21-42(52)47-44(41)53/h3-5,8-19,28,41,51H,2,6-7,20-27,29-31H2,1H3,(H,47,52,53)/b43-39+. The van der Waals surface area contributed by atoms with Gasteiger partial charge in [0.15, 0.2) is 0 Å². The summed E-state index contributed by atoms with van der Waals surface area (Å²) in [6, 6.07) is 31.9. The first-order valence-electron chi connectivity index (χ1n) is 19.9. The number of allylic oxidation sites excluding steroid dienone is 1. The van der Waals surface area contributed by atoms with Crippen LogP contribution in [0.25, 0.3) is 11.1 Å². The molecule has 9 nitrogen and oxygen atoms in total. The number of unbranched alkanes of at least 4 members (excludes halogenated alkanes) is 1. The highest BCUT2D eigenvalue weighted by molar-refractivity contribution is 6.05. The molecule has 3 amide bonds. The van der Waals surface area contributed by atoms with Crippen LogP contribution in [0.15, 0.2) is 97.1 Å². The lowest BCUT2D eigenvalue weighted by Gasteiger charge is -2.55. The number of rotatable bonds is 12. The molecule has 3 saturated heterocycles. The van der Waals surface area contributed by atoms with Gasteiger partial charge in [0.25, 0.3) is 5.91 Å². The predicted molar refractivity (Wildman–Crippen MR) is 215 cm³/mol. The van der Waals surface area contributed by atoms with Gasteiger partial charge >= 0.3 is 0 Å². The number of piperidine rings is 2. The number of aromatic hydroxyl groups is 1.